The predicted octanol–water partition coefficient (Wildman–Crippen LogP) is 2.54. The van der Waals surface area contributed by atoms with Gasteiger partial charge in [0, 0.05) is 14.6 Å². The Bertz CT molecular complexity index is 500. The molecule has 1 aliphatic rings. The predicted molar refractivity (Wildman–Crippen MR) is 75.8 cm³/mol. The van der Waals surface area contributed by atoms with Gasteiger partial charge >= 0.3 is 5.97 Å². The molecule has 0 radical (unpaired) electrons. The molecule has 0 aliphatic heterocycles. The lowest BCUT2D eigenvalue weighted by Gasteiger charge is -2.32. The molecule has 0 spiro atoms. The molecule has 1 fully saturated rings. The molecule has 0 unspecified atom stereocenters. The molecule has 0 atom stereocenters. The summed E-state index contributed by atoms with van der Waals surface area (Å²) in [7, 11) is 0. The van der Waals surface area contributed by atoms with Crippen molar-refractivity contribution in [2.24, 2.45) is 5.92 Å². The minimum absolute atomic E-state index is 0.0478. The van der Waals surface area contributed by atoms with E-state index in [-0.39, 0.29) is 17.9 Å². The van der Waals surface area contributed by atoms with Gasteiger partial charge in [-0.2, -0.15) is 0 Å². The second kappa shape index (κ2) is 5.44. The lowest BCUT2D eigenvalue weighted by molar-refractivity contribution is -0.145. The molecule has 1 aliphatic carbocycles. The average molecular weight is 380 g/mol. The van der Waals surface area contributed by atoms with Gasteiger partial charge in [-0.05, 0) is 53.6 Å². The number of nitrogens with one attached hydrogen (secondary N) is 1. The van der Waals surface area contributed by atoms with E-state index in [1.807, 2.05) is 0 Å². The summed E-state index contributed by atoms with van der Waals surface area (Å²) < 4.78 is 0.823. The zero-order chi connectivity index (χ0) is 13.3. The summed E-state index contributed by atoms with van der Waals surface area (Å²) in [6, 6.07) is 5.07. The molecule has 0 aromatic heterocycles. The Morgan fingerprint density at radius 3 is 2.67 bits per heavy atom. The van der Waals surface area contributed by atoms with Crippen molar-refractivity contribution < 1.29 is 14.7 Å². The monoisotopic (exact) mass is 379 g/mol. The second-order valence-corrected chi connectivity index (χ2v) is 5.90. The van der Waals surface area contributed by atoms with Crippen molar-refractivity contribution in [2.45, 2.75) is 18.9 Å². The van der Waals surface area contributed by atoms with E-state index in [4.69, 9.17) is 16.7 Å². The Hall–Kier alpha value is -0.820. The van der Waals surface area contributed by atoms with E-state index in [1.54, 1.807) is 18.2 Å². The Morgan fingerprint density at radius 1 is 1.39 bits per heavy atom. The van der Waals surface area contributed by atoms with E-state index in [2.05, 4.69) is 27.9 Å². The molecular formula is C12H11ClINO3. The molecule has 6 heteroatoms. The van der Waals surface area contributed by atoms with Crippen LogP contribution in [0.1, 0.15) is 23.2 Å². The number of carboxylic acid groups (broad SMARTS) is 1. The van der Waals surface area contributed by atoms with Crippen molar-refractivity contribution in [1.29, 1.82) is 0 Å². The molecule has 96 valence electrons. The van der Waals surface area contributed by atoms with Gasteiger partial charge in [0.2, 0.25) is 0 Å². The van der Waals surface area contributed by atoms with E-state index in [0.29, 0.717) is 23.4 Å². The Morgan fingerprint density at radius 2 is 2.06 bits per heavy atom. The molecule has 0 saturated heterocycles. The molecule has 0 heterocycles. The first-order chi connectivity index (χ1) is 8.47. The Balaban J connectivity index is 1.97. The number of amides is 1. The summed E-state index contributed by atoms with van der Waals surface area (Å²) in [5.74, 6) is -1.32. The number of carbonyl (C=O) groups excluding carboxylic acids is 1. The van der Waals surface area contributed by atoms with Crippen LogP contribution in [-0.4, -0.2) is 23.0 Å². The van der Waals surface area contributed by atoms with Crippen LogP contribution >= 0.6 is 34.2 Å². The van der Waals surface area contributed by atoms with E-state index in [9.17, 15) is 9.59 Å². The van der Waals surface area contributed by atoms with Gasteiger partial charge < -0.3 is 10.4 Å². The van der Waals surface area contributed by atoms with Crippen molar-refractivity contribution in [2.75, 3.05) is 0 Å². The van der Waals surface area contributed by atoms with Gasteiger partial charge in [-0.25, -0.2) is 0 Å². The third kappa shape index (κ3) is 2.95. The maximum Gasteiger partial charge on any atom is 0.306 e. The smallest absolute Gasteiger partial charge is 0.306 e. The number of hydrogen-bond donors (Lipinski definition) is 2. The fourth-order valence-electron chi connectivity index (χ4n) is 1.87. The first-order valence-electron chi connectivity index (χ1n) is 5.46. The number of carbonyl (C=O) groups is 2. The second-order valence-electron chi connectivity index (χ2n) is 4.30. The molecule has 2 rings (SSSR count). The van der Waals surface area contributed by atoms with Crippen molar-refractivity contribution >= 4 is 46.1 Å². The number of aliphatic carboxylic acids is 1. The highest BCUT2D eigenvalue weighted by Crippen LogP contribution is 2.28. The third-order valence-corrected chi connectivity index (χ3v) is 4.17. The number of carboxylic acids is 1. The van der Waals surface area contributed by atoms with Gasteiger partial charge in [0.1, 0.15) is 0 Å². The number of rotatable bonds is 3. The zero-order valence-corrected chi connectivity index (χ0v) is 12.2. The van der Waals surface area contributed by atoms with Gasteiger partial charge in [0.25, 0.3) is 5.91 Å². The van der Waals surface area contributed by atoms with Crippen LogP contribution in [0.5, 0.6) is 0 Å². The summed E-state index contributed by atoms with van der Waals surface area (Å²) in [5, 5.41) is 12.1. The van der Waals surface area contributed by atoms with E-state index < -0.39 is 5.97 Å². The first-order valence-corrected chi connectivity index (χ1v) is 6.91. The van der Waals surface area contributed by atoms with Crippen LogP contribution in [0.2, 0.25) is 5.02 Å². The largest absolute Gasteiger partial charge is 0.481 e. The minimum atomic E-state index is -0.794. The summed E-state index contributed by atoms with van der Waals surface area (Å²) >= 11 is 7.92. The van der Waals surface area contributed by atoms with E-state index in [1.165, 1.54) is 0 Å². The number of benzene rings is 1. The lowest BCUT2D eigenvalue weighted by Crippen LogP contribution is -2.46. The summed E-state index contributed by atoms with van der Waals surface area (Å²) in [6.45, 7) is 0. The fraction of sp³-hybridized carbons (Fsp3) is 0.333. The highest BCUT2D eigenvalue weighted by Gasteiger charge is 2.35. The molecular weight excluding hydrogens is 368 g/mol. The minimum Gasteiger partial charge on any atom is -0.481 e. The van der Waals surface area contributed by atoms with Crippen molar-refractivity contribution in [3.05, 3.63) is 32.4 Å². The first kappa shape index (κ1) is 13.6. The molecule has 4 nitrogen and oxygen atoms in total. The SMILES string of the molecule is O=C(NC1CC(C(=O)O)C1)c1cc(Cl)ccc1I. The topological polar surface area (TPSA) is 66.4 Å². The highest BCUT2D eigenvalue weighted by atomic mass is 127. The number of halogens is 2. The molecule has 0 bridgehead atoms. The van der Waals surface area contributed by atoms with Crippen LogP contribution in [0.15, 0.2) is 18.2 Å². The van der Waals surface area contributed by atoms with Crippen LogP contribution in [0.25, 0.3) is 0 Å². The van der Waals surface area contributed by atoms with E-state index in [0.717, 1.165) is 3.57 Å². The van der Waals surface area contributed by atoms with Crippen molar-refractivity contribution in [3.8, 4) is 0 Å². The zero-order valence-electron chi connectivity index (χ0n) is 9.32. The quantitative estimate of drug-likeness (QED) is 0.793. The maximum atomic E-state index is 12.0. The number of hydrogen-bond acceptors (Lipinski definition) is 2. The van der Waals surface area contributed by atoms with E-state index >= 15 is 0 Å². The molecule has 2 N–H and O–H groups in total. The van der Waals surface area contributed by atoms with Crippen LogP contribution in [0.4, 0.5) is 0 Å². The van der Waals surface area contributed by atoms with Crippen LogP contribution in [0.3, 0.4) is 0 Å². The fourth-order valence-corrected chi connectivity index (χ4v) is 2.62. The van der Waals surface area contributed by atoms with Crippen molar-refractivity contribution in [3.63, 3.8) is 0 Å². The molecule has 18 heavy (non-hydrogen) atoms. The maximum absolute atomic E-state index is 12.0. The standard InChI is InChI=1S/C12H11ClINO3/c13-7-1-2-10(14)9(5-7)11(16)15-8-3-6(4-8)12(17)18/h1-2,5-6,8H,3-4H2,(H,15,16)(H,17,18). The molecule has 1 saturated carbocycles. The van der Waals surface area contributed by atoms with Crippen LogP contribution in [0, 0.1) is 9.49 Å². The summed E-state index contributed by atoms with van der Waals surface area (Å²) in [5.41, 5.74) is 0.530. The summed E-state index contributed by atoms with van der Waals surface area (Å²) in [6.07, 6.45) is 0.996. The molecule has 1 amide bonds. The van der Waals surface area contributed by atoms with Crippen molar-refractivity contribution in [1.82, 2.24) is 5.32 Å². The van der Waals surface area contributed by atoms with Gasteiger partial charge in [-0.3, -0.25) is 9.59 Å². The normalized spacial score (nSPS) is 22.1. The summed E-state index contributed by atoms with van der Waals surface area (Å²) in [4.78, 5) is 22.6. The molecule has 1 aromatic rings. The lowest BCUT2D eigenvalue weighted by atomic mass is 9.80. The van der Waals surface area contributed by atoms with Crippen LogP contribution < -0.4 is 5.32 Å². The Labute approximate surface area is 123 Å². The van der Waals surface area contributed by atoms with Gasteiger partial charge in [0.15, 0.2) is 0 Å². The molecule has 1 aromatic carbocycles. The highest BCUT2D eigenvalue weighted by molar-refractivity contribution is 14.1. The third-order valence-electron chi connectivity index (χ3n) is 3.00. The Kier molecular flexibility index (Phi) is 4.11. The average Bonchev–Trinajstić information content (AvgIpc) is 2.25. The van der Waals surface area contributed by atoms with Crippen LogP contribution in [-0.2, 0) is 4.79 Å². The van der Waals surface area contributed by atoms with Gasteiger partial charge in [-0.1, -0.05) is 11.6 Å². The van der Waals surface area contributed by atoms with Gasteiger partial charge in [0.05, 0.1) is 11.5 Å². The van der Waals surface area contributed by atoms with Gasteiger partial charge in [-0.15, -0.1) is 0 Å².